The van der Waals surface area contributed by atoms with Crippen LogP contribution in [0.15, 0.2) is 34.1 Å². The highest BCUT2D eigenvalue weighted by molar-refractivity contribution is 5.87. The molecule has 0 fully saturated rings. The van der Waals surface area contributed by atoms with E-state index in [4.69, 9.17) is 4.42 Å². The molecule has 102 valence electrons. The van der Waals surface area contributed by atoms with Gasteiger partial charge in [-0.25, -0.2) is 4.98 Å². The number of nitrogens with one attached hydrogen (secondary N) is 2. The zero-order chi connectivity index (χ0) is 14.1. The molecule has 3 aromatic heterocycles. The summed E-state index contributed by atoms with van der Waals surface area (Å²) in [7, 11) is 0. The lowest BCUT2D eigenvalue weighted by Crippen LogP contribution is -2.16. The molecule has 0 unspecified atom stereocenters. The quantitative estimate of drug-likeness (QED) is 0.731. The van der Waals surface area contributed by atoms with Crippen LogP contribution in [0.5, 0.6) is 0 Å². The number of furan rings is 1. The molecule has 1 amide bonds. The molecule has 3 aromatic rings. The van der Waals surface area contributed by atoms with E-state index in [0.717, 1.165) is 5.56 Å². The highest BCUT2D eigenvalue weighted by atomic mass is 16.3. The molecular weight excluding hydrogens is 262 g/mol. The van der Waals surface area contributed by atoms with E-state index in [-0.39, 0.29) is 17.4 Å². The Morgan fingerprint density at radius 2 is 2.40 bits per heavy atom. The van der Waals surface area contributed by atoms with Crippen molar-refractivity contribution in [2.45, 2.75) is 13.5 Å². The summed E-state index contributed by atoms with van der Waals surface area (Å²) in [4.78, 5) is 33.6. The average Bonchev–Trinajstić information content (AvgIpc) is 3.00. The zero-order valence-corrected chi connectivity index (χ0v) is 10.6. The number of carbonyl (C=O) groups excluding carboxylic acids is 1. The van der Waals surface area contributed by atoms with Gasteiger partial charge in [-0.2, -0.15) is 4.98 Å². The van der Waals surface area contributed by atoms with Crippen molar-refractivity contribution in [2.24, 2.45) is 0 Å². The second kappa shape index (κ2) is 4.65. The third kappa shape index (κ3) is 2.18. The van der Waals surface area contributed by atoms with Crippen molar-refractivity contribution in [1.82, 2.24) is 19.5 Å². The van der Waals surface area contributed by atoms with E-state index in [1.54, 1.807) is 17.1 Å². The molecule has 0 bridgehead atoms. The predicted octanol–water partition coefficient (Wildman–Crippen LogP) is 0.719. The van der Waals surface area contributed by atoms with Gasteiger partial charge in [-0.3, -0.25) is 19.9 Å². The molecule has 0 aliphatic heterocycles. The lowest BCUT2D eigenvalue weighted by Gasteiger charge is -2.03. The molecule has 8 nitrogen and oxygen atoms in total. The van der Waals surface area contributed by atoms with Crippen LogP contribution in [0.2, 0.25) is 0 Å². The largest absolute Gasteiger partial charge is 0.472 e. The molecule has 3 rings (SSSR count). The van der Waals surface area contributed by atoms with E-state index in [0.29, 0.717) is 12.2 Å². The Labute approximate surface area is 112 Å². The highest BCUT2D eigenvalue weighted by Gasteiger charge is 2.11. The van der Waals surface area contributed by atoms with Crippen molar-refractivity contribution in [3.8, 4) is 0 Å². The number of amides is 1. The second-order valence-electron chi connectivity index (χ2n) is 4.27. The minimum absolute atomic E-state index is 0.101. The van der Waals surface area contributed by atoms with Crippen molar-refractivity contribution in [2.75, 3.05) is 5.32 Å². The van der Waals surface area contributed by atoms with Crippen LogP contribution in [0.4, 0.5) is 5.95 Å². The Morgan fingerprint density at radius 1 is 1.55 bits per heavy atom. The van der Waals surface area contributed by atoms with Crippen molar-refractivity contribution in [3.05, 3.63) is 40.8 Å². The van der Waals surface area contributed by atoms with Crippen LogP contribution in [0.1, 0.15) is 12.5 Å². The van der Waals surface area contributed by atoms with Gasteiger partial charge in [0, 0.05) is 12.5 Å². The molecule has 0 atom stereocenters. The number of hydrogen-bond donors (Lipinski definition) is 2. The van der Waals surface area contributed by atoms with Gasteiger partial charge in [0.1, 0.15) is 0 Å². The first kappa shape index (κ1) is 12.2. The molecular formula is C12H11N5O3. The fourth-order valence-electron chi connectivity index (χ4n) is 1.87. The first-order chi connectivity index (χ1) is 9.63. The number of imidazole rings is 1. The highest BCUT2D eigenvalue weighted by Crippen LogP contribution is 2.11. The van der Waals surface area contributed by atoms with Gasteiger partial charge in [-0.15, -0.1) is 0 Å². The van der Waals surface area contributed by atoms with Crippen LogP contribution in [-0.2, 0) is 11.3 Å². The summed E-state index contributed by atoms with van der Waals surface area (Å²) < 4.78 is 6.71. The Balaban J connectivity index is 2.07. The minimum atomic E-state index is -0.398. The first-order valence-electron chi connectivity index (χ1n) is 5.87. The summed E-state index contributed by atoms with van der Waals surface area (Å²) in [6.45, 7) is 1.82. The number of carbonyl (C=O) groups is 1. The van der Waals surface area contributed by atoms with Crippen LogP contribution in [0.3, 0.4) is 0 Å². The SMILES string of the molecule is CC(=O)Nc1nc2c(ncn2Cc2ccoc2)c(=O)[nH]1. The molecule has 0 saturated heterocycles. The van der Waals surface area contributed by atoms with Crippen molar-refractivity contribution in [1.29, 1.82) is 0 Å². The molecule has 0 aliphatic carbocycles. The van der Waals surface area contributed by atoms with E-state index in [2.05, 4.69) is 20.3 Å². The summed E-state index contributed by atoms with van der Waals surface area (Å²) >= 11 is 0. The zero-order valence-electron chi connectivity index (χ0n) is 10.6. The monoisotopic (exact) mass is 273 g/mol. The number of anilines is 1. The van der Waals surface area contributed by atoms with Gasteiger partial charge in [0.25, 0.3) is 5.56 Å². The van der Waals surface area contributed by atoms with Crippen LogP contribution in [-0.4, -0.2) is 25.4 Å². The molecule has 3 heterocycles. The number of aromatic nitrogens is 4. The molecule has 0 spiro atoms. The Morgan fingerprint density at radius 3 is 3.10 bits per heavy atom. The van der Waals surface area contributed by atoms with Gasteiger partial charge in [-0.1, -0.05) is 0 Å². The molecule has 0 radical (unpaired) electrons. The van der Waals surface area contributed by atoms with Gasteiger partial charge >= 0.3 is 0 Å². The summed E-state index contributed by atoms with van der Waals surface area (Å²) in [5, 5.41) is 2.45. The molecule has 0 aromatic carbocycles. The van der Waals surface area contributed by atoms with Crippen LogP contribution >= 0.6 is 0 Å². The normalized spacial score (nSPS) is 10.8. The standard InChI is InChI=1S/C12H11N5O3/c1-7(18)14-12-15-10-9(11(19)16-12)13-6-17(10)4-8-2-3-20-5-8/h2-3,5-6H,4H2,1H3,(H2,14,15,16,18,19). The summed E-state index contributed by atoms with van der Waals surface area (Å²) in [5.74, 6) is -0.211. The van der Waals surface area contributed by atoms with Crippen molar-refractivity contribution in [3.63, 3.8) is 0 Å². The van der Waals surface area contributed by atoms with E-state index < -0.39 is 5.56 Å². The summed E-state index contributed by atoms with van der Waals surface area (Å²) in [5.41, 5.74) is 1.15. The minimum Gasteiger partial charge on any atom is -0.472 e. The number of nitrogens with zero attached hydrogens (tertiary/aromatic N) is 3. The van der Waals surface area contributed by atoms with E-state index in [1.165, 1.54) is 13.3 Å². The number of hydrogen-bond acceptors (Lipinski definition) is 5. The number of rotatable bonds is 3. The molecule has 0 saturated carbocycles. The second-order valence-corrected chi connectivity index (χ2v) is 4.27. The average molecular weight is 273 g/mol. The van der Waals surface area contributed by atoms with Crippen LogP contribution in [0, 0.1) is 0 Å². The van der Waals surface area contributed by atoms with Gasteiger partial charge in [-0.05, 0) is 6.07 Å². The van der Waals surface area contributed by atoms with Gasteiger partial charge < -0.3 is 8.98 Å². The van der Waals surface area contributed by atoms with E-state index in [1.807, 2.05) is 6.07 Å². The fraction of sp³-hybridized carbons (Fsp3) is 0.167. The number of fused-ring (bicyclic) bond motifs is 1. The topological polar surface area (TPSA) is 106 Å². The summed E-state index contributed by atoms with van der Waals surface area (Å²) in [6.07, 6.45) is 4.70. The van der Waals surface area contributed by atoms with Crippen molar-refractivity contribution >= 4 is 23.0 Å². The number of aromatic amines is 1. The smallest absolute Gasteiger partial charge is 0.280 e. The van der Waals surface area contributed by atoms with E-state index in [9.17, 15) is 9.59 Å². The maximum absolute atomic E-state index is 11.9. The van der Waals surface area contributed by atoms with Gasteiger partial charge in [0.05, 0.1) is 25.4 Å². The lowest BCUT2D eigenvalue weighted by atomic mass is 10.3. The van der Waals surface area contributed by atoms with Crippen LogP contribution in [0.25, 0.3) is 11.2 Å². The van der Waals surface area contributed by atoms with Crippen molar-refractivity contribution < 1.29 is 9.21 Å². The van der Waals surface area contributed by atoms with Gasteiger partial charge in [0.15, 0.2) is 11.2 Å². The third-order valence-corrected chi connectivity index (χ3v) is 2.70. The summed E-state index contributed by atoms with van der Waals surface area (Å²) in [6, 6.07) is 1.81. The maximum atomic E-state index is 11.9. The Bertz CT molecular complexity index is 815. The third-order valence-electron chi connectivity index (χ3n) is 2.70. The van der Waals surface area contributed by atoms with Gasteiger partial charge in [0.2, 0.25) is 11.9 Å². The fourth-order valence-corrected chi connectivity index (χ4v) is 1.87. The molecule has 0 aliphatic rings. The first-order valence-corrected chi connectivity index (χ1v) is 5.87. The van der Waals surface area contributed by atoms with Crippen LogP contribution < -0.4 is 10.9 Å². The molecule has 20 heavy (non-hydrogen) atoms. The number of H-pyrrole nitrogens is 1. The lowest BCUT2D eigenvalue weighted by molar-refractivity contribution is -0.114. The molecule has 8 heteroatoms. The Hall–Kier alpha value is -2.90. The van der Waals surface area contributed by atoms with E-state index >= 15 is 0 Å². The Kier molecular flexibility index (Phi) is 2.82. The maximum Gasteiger partial charge on any atom is 0.280 e. The molecule has 2 N–H and O–H groups in total. The predicted molar refractivity (Wildman–Crippen MR) is 70.3 cm³/mol.